The molecule has 1 heterocycles. The van der Waals surface area contributed by atoms with E-state index in [0.717, 1.165) is 16.9 Å². The van der Waals surface area contributed by atoms with Crippen molar-refractivity contribution in [3.8, 4) is 0 Å². The molecule has 0 bridgehead atoms. The molecule has 0 saturated heterocycles. The van der Waals surface area contributed by atoms with Crippen LogP contribution in [-0.4, -0.2) is 40.3 Å². The van der Waals surface area contributed by atoms with E-state index in [2.05, 4.69) is 20.9 Å². The van der Waals surface area contributed by atoms with Crippen molar-refractivity contribution in [2.24, 2.45) is 0 Å². The number of hydrogen-bond donors (Lipinski definition) is 4. The Morgan fingerprint density at radius 1 is 1.04 bits per heavy atom. The molecule has 1 aliphatic heterocycles. The van der Waals surface area contributed by atoms with Gasteiger partial charge in [-0.05, 0) is 51.5 Å². The Kier molecular flexibility index (Phi) is 4.56. The van der Waals surface area contributed by atoms with Gasteiger partial charge >= 0.3 is 0 Å². The third-order valence-electron chi connectivity index (χ3n) is 4.72. The summed E-state index contributed by atoms with van der Waals surface area (Å²) >= 11 is 0. The number of likely N-dealkylation sites (N-methyl/N-ethyl adjacent to an activating group) is 3. The van der Waals surface area contributed by atoms with Crippen LogP contribution in [0.3, 0.4) is 0 Å². The average molecular weight is 362 g/mol. The Morgan fingerprint density at radius 2 is 1.68 bits per heavy atom. The van der Waals surface area contributed by atoms with Crippen LogP contribution in [0.25, 0.3) is 0 Å². The molecule has 134 valence electrons. The van der Waals surface area contributed by atoms with Gasteiger partial charge in [0.2, 0.25) is 0 Å². The van der Waals surface area contributed by atoms with E-state index in [-0.39, 0.29) is 11.1 Å². The molecule has 8 heteroatoms. The van der Waals surface area contributed by atoms with E-state index in [1.807, 2.05) is 37.4 Å². The third kappa shape index (κ3) is 2.72. The van der Waals surface area contributed by atoms with E-state index >= 15 is 0 Å². The second-order valence-electron chi connectivity index (χ2n) is 5.86. The first-order valence-electron chi connectivity index (χ1n) is 7.90. The first kappa shape index (κ1) is 17.8. The van der Waals surface area contributed by atoms with Crippen LogP contribution in [0.15, 0.2) is 53.4 Å². The molecule has 0 fully saturated rings. The molecule has 7 nitrogen and oxygen atoms in total. The van der Waals surface area contributed by atoms with Crippen LogP contribution >= 0.6 is 0 Å². The van der Waals surface area contributed by atoms with Gasteiger partial charge in [-0.1, -0.05) is 18.2 Å². The number of anilines is 2. The number of benzene rings is 2. The fourth-order valence-corrected chi connectivity index (χ4v) is 4.08. The molecule has 1 unspecified atom stereocenters. The Morgan fingerprint density at radius 3 is 2.20 bits per heavy atom. The molecule has 2 aromatic carbocycles. The maximum absolute atomic E-state index is 11.6. The lowest BCUT2D eigenvalue weighted by molar-refractivity contribution is 0.237. The van der Waals surface area contributed by atoms with Gasteiger partial charge < -0.3 is 4.90 Å². The summed E-state index contributed by atoms with van der Waals surface area (Å²) in [5.41, 5.74) is 1.80. The van der Waals surface area contributed by atoms with Crippen molar-refractivity contribution in [1.29, 1.82) is 0 Å². The molecule has 0 radical (unpaired) electrons. The van der Waals surface area contributed by atoms with Gasteiger partial charge in [-0.25, -0.2) is 0 Å². The van der Waals surface area contributed by atoms with Gasteiger partial charge in [-0.2, -0.15) is 8.42 Å². The first-order valence-corrected chi connectivity index (χ1v) is 9.34. The summed E-state index contributed by atoms with van der Waals surface area (Å²) in [6.45, 7) is 0. The Hall–Kier alpha value is -1.97. The maximum atomic E-state index is 11.6. The van der Waals surface area contributed by atoms with Crippen LogP contribution in [0.5, 0.6) is 0 Å². The SMILES string of the molecule is CNC1N(c2ccccc2)c2ccc(S(=O)(=O)O)cc2C1(NC)NC. The highest BCUT2D eigenvalue weighted by atomic mass is 32.2. The number of nitrogens with one attached hydrogen (secondary N) is 3. The molecule has 0 amide bonds. The summed E-state index contributed by atoms with van der Waals surface area (Å²) in [7, 11) is 1.16. The Labute approximate surface area is 147 Å². The van der Waals surface area contributed by atoms with Crippen LogP contribution in [0.1, 0.15) is 5.56 Å². The highest BCUT2D eigenvalue weighted by molar-refractivity contribution is 7.85. The molecule has 0 saturated carbocycles. The lowest BCUT2D eigenvalue weighted by atomic mass is 9.99. The lowest BCUT2D eigenvalue weighted by Crippen LogP contribution is -2.64. The van der Waals surface area contributed by atoms with Crippen molar-refractivity contribution in [2.75, 3.05) is 26.0 Å². The minimum Gasteiger partial charge on any atom is -0.321 e. The molecule has 2 aromatic rings. The fourth-order valence-electron chi connectivity index (χ4n) is 3.57. The van der Waals surface area contributed by atoms with Crippen LogP contribution in [-0.2, 0) is 15.8 Å². The predicted octanol–water partition coefficient (Wildman–Crippen LogP) is 1.22. The highest BCUT2D eigenvalue weighted by Crippen LogP contribution is 2.45. The number of fused-ring (bicyclic) bond motifs is 1. The summed E-state index contributed by atoms with van der Waals surface area (Å²) in [6.07, 6.45) is -0.225. The van der Waals surface area contributed by atoms with Crippen LogP contribution in [0.2, 0.25) is 0 Å². The van der Waals surface area contributed by atoms with E-state index in [1.165, 1.54) is 12.1 Å². The van der Waals surface area contributed by atoms with Crippen molar-refractivity contribution in [1.82, 2.24) is 16.0 Å². The molecular formula is C17H22N4O3S. The summed E-state index contributed by atoms with van der Waals surface area (Å²) in [5.74, 6) is 0. The summed E-state index contributed by atoms with van der Waals surface area (Å²) < 4.78 is 32.7. The number of rotatable bonds is 5. The standard InChI is InChI=1S/C17H22N4O3S/c1-18-16-17(19-2,20-3)14-11-13(25(22,23)24)9-10-15(14)21(16)12-7-5-4-6-8-12/h4-11,16,18-20H,1-3H3,(H,22,23,24). The number of para-hydroxylation sites is 1. The molecular weight excluding hydrogens is 340 g/mol. The van der Waals surface area contributed by atoms with Gasteiger partial charge in [0.15, 0.2) is 0 Å². The second kappa shape index (κ2) is 6.40. The molecule has 0 spiro atoms. The summed E-state index contributed by atoms with van der Waals surface area (Å²) in [4.78, 5) is 1.96. The van der Waals surface area contributed by atoms with E-state index in [9.17, 15) is 13.0 Å². The van der Waals surface area contributed by atoms with Crippen LogP contribution in [0, 0.1) is 0 Å². The minimum absolute atomic E-state index is 0.133. The number of hydrogen-bond acceptors (Lipinski definition) is 6. The molecule has 1 aliphatic rings. The molecule has 25 heavy (non-hydrogen) atoms. The smallest absolute Gasteiger partial charge is 0.294 e. The predicted molar refractivity (Wildman–Crippen MR) is 97.5 cm³/mol. The largest absolute Gasteiger partial charge is 0.321 e. The van der Waals surface area contributed by atoms with Gasteiger partial charge in [0.05, 0.1) is 4.90 Å². The third-order valence-corrected chi connectivity index (χ3v) is 5.56. The first-order chi connectivity index (χ1) is 11.9. The summed E-state index contributed by atoms with van der Waals surface area (Å²) in [5, 5.41) is 9.84. The normalized spacial score (nSPS) is 19.0. The van der Waals surface area contributed by atoms with Gasteiger partial charge in [-0.15, -0.1) is 0 Å². The van der Waals surface area contributed by atoms with E-state index in [4.69, 9.17) is 0 Å². The van der Waals surface area contributed by atoms with E-state index < -0.39 is 15.8 Å². The maximum Gasteiger partial charge on any atom is 0.294 e. The topological polar surface area (TPSA) is 93.7 Å². The second-order valence-corrected chi connectivity index (χ2v) is 7.28. The fraction of sp³-hybridized carbons (Fsp3) is 0.294. The van der Waals surface area contributed by atoms with Gasteiger partial charge in [0.1, 0.15) is 11.8 Å². The average Bonchev–Trinajstić information content (AvgIpc) is 2.90. The van der Waals surface area contributed by atoms with Crippen LogP contribution < -0.4 is 20.9 Å². The van der Waals surface area contributed by atoms with Gasteiger partial charge in [0.25, 0.3) is 10.1 Å². The van der Waals surface area contributed by atoms with E-state index in [0.29, 0.717) is 0 Å². The zero-order valence-corrected chi connectivity index (χ0v) is 15.1. The van der Waals surface area contributed by atoms with Crippen molar-refractivity contribution >= 4 is 21.5 Å². The van der Waals surface area contributed by atoms with Gasteiger partial charge in [-0.3, -0.25) is 20.5 Å². The zero-order valence-electron chi connectivity index (χ0n) is 14.3. The monoisotopic (exact) mass is 362 g/mol. The van der Waals surface area contributed by atoms with Crippen molar-refractivity contribution < 1.29 is 13.0 Å². The lowest BCUT2D eigenvalue weighted by Gasteiger charge is -2.38. The molecule has 0 aromatic heterocycles. The number of nitrogens with zero attached hydrogens (tertiary/aromatic N) is 1. The molecule has 0 aliphatic carbocycles. The van der Waals surface area contributed by atoms with Crippen molar-refractivity contribution in [2.45, 2.75) is 16.7 Å². The van der Waals surface area contributed by atoms with Crippen molar-refractivity contribution in [3.63, 3.8) is 0 Å². The van der Waals surface area contributed by atoms with Gasteiger partial charge in [0, 0.05) is 16.9 Å². The zero-order chi connectivity index (χ0) is 18.2. The minimum atomic E-state index is -4.29. The van der Waals surface area contributed by atoms with E-state index in [1.54, 1.807) is 20.2 Å². The Bertz CT molecular complexity index is 867. The molecule has 4 N–H and O–H groups in total. The highest BCUT2D eigenvalue weighted by Gasteiger charge is 2.50. The quantitative estimate of drug-likeness (QED) is 0.469. The summed E-state index contributed by atoms with van der Waals surface area (Å²) in [6, 6.07) is 14.5. The van der Waals surface area contributed by atoms with Crippen molar-refractivity contribution in [3.05, 3.63) is 54.1 Å². The Balaban J connectivity index is 2.29. The van der Waals surface area contributed by atoms with Crippen LogP contribution in [0.4, 0.5) is 11.4 Å². The molecule has 1 atom stereocenters. The molecule has 3 rings (SSSR count).